The lowest BCUT2D eigenvalue weighted by Crippen LogP contribution is -2.17. The summed E-state index contributed by atoms with van der Waals surface area (Å²) < 4.78 is 6.21. The summed E-state index contributed by atoms with van der Waals surface area (Å²) in [6.07, 6.45) is 1.48. The van der Waals surface area contributed by atoms with Gasteiger partial charge in [-0.2, -0.15) is 5.10 Å². The highest BCUT2D eigenvalue weighted by atomic mass is 79.9. The third-order valence-electron chi connectivity index (χ3n) is 3.67. The van der Waals surface area contributed by atoms with Gasteiger partial charge in [-0.15, -0.1) is 0 Å². The van der Waals surface area contributed by atoms with Crippen molar-refractivity contribution in [2.75, 3.05) is 0 Å². The second-order valence-corrected chi connectivity index (χ2v) is 6.97. The summed E-state index contributed by atoms with van der Waals surface area (Å²) >= 11 is 9.29. The minimum absolute atomic E-state index is 0.344. The Morgan fingerprint density at radius 2 is 1.64 bits per heavy atom. The largest absolute Gasteiger partial charge is 0.423 e. The van der Waals surface area contributed by atoms with Crippen molar-refractivity contribution < 1.29 is 14.3 Å². The van der Waals surface area contributed by atoms with Gasteiger partial charge in [0.25, 0.3) is 5.91 Å². The number of amides is 1. The molecule has 0 spiro atoms. The number of hydrazone groups is 1. The van der Waals surface area contributed by atoms with Crippen molar-refractivity contribution in [2.45, 2.75) is 0 Å². The van der Waals surface area contributed by atoms with Crippen LogP contribution in [0, 0.1) is 0 Å². The van der Waals surface area contributed by atoms with Crippen LogP contribution in [-0.4, -0.2) is 18.1 Å². The molecule has 0 saturated carbocycles. The SMILES string of the molecule is O=C(Oc1ccc(C=NNC(=O)c2ccccc2Cl)cc1)c1ccc(Br)cc1. The Morgan fingerprint density at radius 1 is 0.964 bits per heavy atom. The lowest BCUT2D eigenvalue weighted by molar-refractivity contribution is 0.0734. The van der Waals surface area contributed by atoms with E-state index in [0.29, 0.717) is 21.9 Å². The van der Waals surface area contributed by atoms with E-state index >= 15 is 0 Å². The monoisotopic (exact) mass is 456 g/mol. The van der Waals surface area contributed by atoms with Crippen LogP contribution < -0.4 is 10.2 Å². The number of nitrogens with one attached hydrogen (secondary N) is 1. The molecule has 0 aromatic heterocycles. The molecule has 0 atom stereocenters. The molecule has 1 N–H and O–H groups in total. The number of carbonyl (C=O) groups excluding carboxylic acids is 2. The molecule has 0 heterocycles. The number of ether oxygens (including phenoxy) is 1. The van der Waals surface area contributed by atoms with E-state index in [-0.39, 0.29) is 0 Å². The first-order valence-electron chi connectivity index (χ1n) is 8.19. The van der Waals surface area contributed by atoms with E-state index in [0.717, 1.165) is 10.0 Å². The molecule has 0 radical (unpaired) electrons. The van der Waals surface area contributed by atoms with Crippen LogP contribution in [-0.2, 0) is 0 Å². The molecular formula is C21H14BrClN2O3. The number of benzene rings is 3. The second-order valence-electron chi connectivity index (χ2n) is 5.64. The lowest BCUT2D eigenvalue weighted by atomic mass is 10.2. The van der Waals surface area contributed by atoms with Crippen molar-refractivity contribution in [2.24, 2.45) is 5.10 Å². The number of hydrogen-bond acceptors (Lipinski definition) is 4. The number of halogens is 2. The fourth-order valence-electron chi connectivity index (χ4n) is 2.24. The number of nitrogens with zero attached hydrogens (tertiary/aromatic N) is 1. The smallest absolute Gasteiger partial charge is 0.343 e. The lowest BCUT2D eigenvalue weighted by Gasteiger charge is -2.05. The van der Waals surface area contributed by atoms with Gasteiger partial charge in [-0.05, 0) is 66.2 Å². The zero-order valence-corrected chi connectivity index (χ0v) is 16.8. The van der Waals surface area contributed by atoms with Crippen molar-refractivity contribution in [3.63, 3.8) is 0 Å². The van der Waals surface area contributed by atoms with Crippen molar-refractivity contribution in [3.05, 3.63) is 99.0 Å². The average Bonchev–Trinajstić information content (AvgIpc) is 2.70. The highest BCUT2D eigenvalue weighted by Gasteiger charge is 2.09. The van der Waals surface area contributed by atoms with Crippen LogP contribution in [0.5, 0.6) is 5.75 Å². The molecule has 0 saturated heterocycles. The van der Waals surface area contributed by atoms with Gasteiger partial charge in [0, 0.05) is 4.47 Å². The Hall–Kier alpha value is -2.96. The molecule has 140 valence electrons. The number of carbonyl (C=O) groups is 2. The summed E-state index contributed by atoms with van der Waals surface area (Å²) in [5.74, 6) is -0.437. The van der Waals surface area contributed by atoms with E-state index in [1.807, 2.05) is 0 Å². The molecular weight excluding hydrogens is 444 g/mol. The van der Waals surface area contributed by atoms with Crippen molar-refractivity contribution in [1.29, 1.82) is 0 Å². The fourth-order valence-corrected chi connectivity index (χ4v) is 2.73. The maximum absolute atomic E-state index is 12.1. The highest BCUT2D eigenvalue weighted by molar-refractivity contribution is 9.10. The normalized spacial score (nSPS) is 10.6. The molecule has 3 rings (SSSR count). The minimum atomic E-state index is -0.444. The zero-order chi connectivity index (χ0) is 19.9. The summed E-state index contributed by atoms with van der Waals surface area (Å²) in [6, 6.07) is 20.3. The predicted octanol–water partition coefficient (Wildman–Crippen LogP) is 5.09. The molecule has 1 amide bonds. The molecule has 3 aromatic rings. The third kappa shape index (κ3) is 5.28. The molecule has 0 aliphatic heterocycles. The molecule has 0 unspecified atom stereocenters. The standard InChI is InChI=1S/C21H14BrClN2O3/c22-16-9-7-15(8-10-16)21(27)28-17-11-5-14(6-12-17)13-24-25-20(26)18-3-1-2-4-19(18)23/h1-13H,(H,25,26). The second kappa shape index (κ2) is 9.30. The predicted molar refractivity (Wildman–Crippen MR) is 112 cm³/mol. The molecule has 0 fully saturated rings. The third-order valence-corrected chi connectivity index (χ3v) is 4.53. The van der Waals surface area contributed by atoms with Gasteiger partial charge < -0.3 is 4.74 Å². The first kappa shape index (κ1) is 19.8. The molecule has 0 bridgehead atoms. The number of esters is 1. The van der Waals surface area contributed by atoms with E-state index in [9.17, 15) is 9.59 Å². The molecule has 3 aromatic carbocycles. The van der Waals surface area contributed by atoms with Crippen molar-refractivity contribution in [3.8, 4) is 5.75 Å². The summed E-state index contributed by atoms with van der Waals surface area (Å²) in [4.78, 5) is 24.1. The molecule has 0 aliphatic carbocycles. The zero-order valence-electron chi connectivity index (χ0n) is 14.4. The van der Waals surface area contributed by atoms with Gasteiger partial charge in [0.05, 0.1) is 22.4 Å². The molecule has 28 heavy (non-hydrogen) atoms. The van der Waals surface area contributed by atoms with Crippen LogP contribution in [0.4, 0.5) is 0 Å². The van der Waals surface area contributed by atoms with E-state index in [1.54, 1.807) is 72.8 Å². The van der Waals surface area contributed by atoms with Crippen LogP contribution in [0.25, 0.3) is 0 Å². The van der Waals surface area contributed by atoms with Gasteiger partial charge in [0.1, 0.15) is 5.75 Å². The first-order valence-corrected chi connectivity index (χ1v) is 9.36. The molecule has 5 nitrogen and oxygen atoms in total. The maximum Gasteiger partial charge on any atom is 0.343 e. The Balaban J connectivity index is 1.57. The summed E-state index contributed by atoms with van der Waals surface area (Å²) in [7, 11) is 0. The van der Waals surface area contributed by atoms with Gasteiger partial charge in [-0.1, -0.05) is 39.7 Å². The van der Waals surface area contributed by atoms with Crippen LogP contribution in [0.1, 0.15) is 26.3 Å². The van der Waals surface area contributed by atoms with E-state index in [2.05, 4.69) is 26.5 Å². The molecule has 0 aliphatic rings. The van der Waals surface area contributed by atoms with E-state index < -0.39 is 11.9 Å². The van der Waals surface area contributed by atoms with Gasteiger partial charge in [0.2, 0.25) is 0 Å². The fraction of sp³-hybridized carbons (Fsp3) is 0. The minimum Gasteiger partial charge on any atom is -0.423 e. The van der Waals surface area contributed by atoms with E-state index in [1.165, 1.54) is 6.21 Å². The van der Waals surface area contributed by atoms with E-state index in [4.69, 9.17) is 16.3 Å². The number of hydrogen-bond donors (Lipinski definition) is 1. The molecule has 7 heteroatoms. The van der Waals surface area contributed by atoms with Crippen LogP contribution >= 0.6 is 27.5 Å². The first-order chi connectivity index (χ1) is 13.5. The van der Waals surface area contributed by atoms with Gasteiger partial charge in [-0.3, -0.25) is 4.79 Å². The van der Waals surface area contributed by atoms with Gasteiger partial charge in [-0.25, -0.2) is 10.2 Å². The topological polar surface area (TPSA) is 67.8 Å². The van der Waals surface area contributed by atoms with Crippen molar-refractivity contribution >= 4 is 45.6 Å². The highest BCUT2D eigenvalue weighted by Crippen LogP contribution is 2.16. The van der Waals surface area contributed by atoms with Crippen molar-refractivity contribution in [1.82, 2.24) is 5.43 Å². The van der Waals surface area contributed by atoms with Gasteiger partial charge in [0.15, 0.2) is 0 Å². The summed E-state index contributed by atoms with van der Waals surface area (Å²) in [5, 5.41) is 4.26. The van der Waals surface area contributed by atoms with Crippen LogP contribution in [0.2, 0.25) is 5.02 Å². The summed E-state index contributed by atoms with van der Waals surface area (Å²) in [6.45, 7) is 0. The number of rotatable bonds is 5. The Morgan fingerprint density at radius 3 is 2.32 bits per heavy atom. The Kier molecular flexibility index (Phi) is 6.57. The van der Waals surface area contributed by atoms with Gasteiger partial charge >= 0.3 is 5.97 Å². The summed E-state index contributed by atoms with van der Waals surface area (Å²) in [5.41, 5.74) is 3.94. The Labute approximate surface area is 175 Å². The quantitative estimate of drug-likeness (QED) is 0.251. The maximum atomic E-state index is 12.1. The average molecular weight is 458 g/mol. The van der Waals surface area contributed by atoms with Crippen LogP contribution in [0.3, 0.4) is 0 Å². The Bertz CT molecular complexity index is 1020. The van der Waals surface area contributed by atoms with Crippen LogP contribution in [0.15, 0.2) is 82.4 Å².